The van der Waals surface area contributed by atoms with Crippen molar-refractivity contribution in [3.8, 4) is 11.4 Å². The summed E-state index contributed by atoms with van der Waals surface area (Å²) in [6, 6.07) is 8.72. The number of nitrogens with one attached hydrogen (secondary N) is 1. The minimum atomic E-state index is 0.224. The van der Waals surface area contributed by atoms with Crippen LogP contribution in [0.15, 0.2) is 36.7 Å². The van der Waals surface area contributed by atoms with Crippen LogP contribution in [-0.2, 0) is 5.41 Å². The highest BCUT2D eigenvalue weighted by molar-refractivity contribution is 5.55. The zero-order valence-electron chi connectivity index (χ0n) is 10.5. The molecule has 0 bridgehead atoms. The van der Waals surface area contributed by atoms with E-state index in [0.29, 0.717) is 0 Å². The summed E-state index contributed by atoms with van der Waals surface area (Å²) in [5, 5.41) is 0. The van der Waals surface area contributed by atoms with Gasteiger partial charge in [0.05, 0.1) is 0 Å². The highest BCUT2D eigenvalue weighted by Crippen LogP contribution is 2.40. The van der Waals surface area contributed by atoms with E-state index in [9.17, 15) is 0 Å². The molecule has 0 radical (unpaired) electrons. The number of benzene rings is 1. The van der Waals surface area contributed by atoms with Crippen LogP contribution in [-0.4, -0.2) is 16.5 Å². The van der Waals surface area contributed by atoms with Gasteiger partial charge >= 0.3 is 0 Å². The van der Waals surface area contributed by atoms with Crippen molar-refractivity contribution < 1.29 is 0 Å². The topological polar surface area (TPSA) is 54.7 Å². The Hall–Kier alpha value is -1.61. The third-order valence-corrected chi connectivity index (χ3v) is 4.22. The van der Waals surface area contributed by atoms with Crippen molar-refractivity contribution in [3.05, 3.63) is 42.2 Å². The molecule has 0 unspecified atom stereocenters. The number of aromatic nitrogens is 2. The van der Waals surface area contributed by atoms with E-state index in [1.807, 2.05) is 6.20 Å². The Morgan fingerprint density at radius 2 is 1.89 bits per heavy atom. The summed E-state index contributed by atoms with van der Waals surface area (Å²) in [4.78, 5) is 7.40. The number of rotatable bonds is 3. The standard InChI is InChI=1S/C15H19N3/c16-11-15(7-1-2-8-15)13-5-3-12(4-6-13)14-17-9-10-18-14/h3-6,9-10H,1-2,7-8,11,16H2,(H,17,18). The molecule has 0 atom stereocenters. The van der Waals surface area contributed by atoms with Crippen LogP contribution in [0.2, 0.25) is 0 Å². The fourth-order valence-electron chi connectivity index (χ4n) is 3.07. The van der Waals surface area contributed by atoms with Crippen LogP contribution >= 0.6 is 0 Å². The van der Waals surface area contributed by atoms with Gasteiger partial charge < -0.3 is 10.7 Å². The van der Waals surface area contributed by atoms with Gasteiger partial charge in [-0.3, -0.25) is 0 Å². The molecule has 94 valence electrons. The number of nitrogens with two attached hydrogens (primary N) is 1. The molecule has 0 spiro atoms. The third kappa shape index (κ3) is 1.85. The second-order valence-electron chi connectivity index (χ2n) is 5.21. The number of hydrogen-bond acceptors (Lipinski definition) is 2. The lowest BCUT2D eigenvalue weighted by atomic mass is 9.79. The Bertz CT molecular complexity index is 493. The maximum Gasteiger partial charge on any atom is 0.137 e. The van der Waals surface area contributed by atoms with E-state index in [4.69, 9.17) is 5.73 Å². The van der Waals surface area contributed by atoms with Gasteiger partial charge in [-0.05, 0) is 18.4 Å². The number of aromatic amines is 1. The molecule has 1 fully saturated rings. The maximum atomic E-state index is 6.01. The zero-order chi connectivity index (χ0) is 12.4. The fourth-order valence-corrected chi connectivity index (χ4v) is 3.07. The maximum absolute atomic E-state index is 6.01. The first kappa shape index (κ1) is 11.5. The monoisotopic (exact) mass is 241 g/mol. The third-order valence-electron chi connectivity index (χ3n) is 4.22. The Labute approximate surface area is 107 Å². The molecule has 1 heterocycles. The van der Waals surface area contributed by atoms with E-state index in [2.05, 4.69) is 34.2 Å². The largest absolute Gasteiger partial charge is 0.345 e. The van der Waals surface area contributed by atoms with Gasteiger partial charge in [0.2, 0.25) is 0 Å². The summed E-state index contributed by atoms with van der Waals surface area (Å²) in [5.74, 6) is 0.926. The molecular weight excluding hydrogens is 222 g/mol. The van der Waals surface area contributed by atoms with Crippen LogP contribution in [0.1, 0.15) is 31.2 Å². The number of hydrogen-bond donors (Lipinski definition) is 2. The SMILES string of the molecule is NCC1(c2ccc(-c3ncc[nH]3)cc2)CCCC1. The Morgan fingerprint density at radius 3 is 2.44 bits per heavy atom. The summed E-state index contributed by atoms with van der Waals surface area (Å²) < 4.78 is 0. The average Bonchev–Trinajstić information content (AvgIpc) is 3.11. The molecule has 0 saturated heterocycles. The highest BCUT2D eigenvalue weighted by Gasteiger charge is 2.33. The van der Waals surface area contributed by atoms with Crippen LogP contribution in [0.25, 0.3) is 11.4 Å². The second-order valence-corrected chi connectivity index (χ2v) is 5.21. The van der Waals surface area contributed by atoms with E-state index < -0.39 is 0 Å². The van der Waals surface area contributed by atoms with Crippen molar-refractivity contribution in [2.75, 3.05) is 6.54 Å². The first-order chi connectivity index (χ1) is 8.84. The number of H-pyrrole nitrogens is 1. The quantitative estimate of drug-likeness (QED) is 0.868. The molecule has 18 heavy (non-hydrogen) atoms. The van der Waals surface area contributed by atoms with Crippen molar-refractivity contribution in [1.82, 2.24) is 9.97 Å². The van der Waals surface area contributed by atoms with E-state index in [1.165, 1.54) is 31.2 Å². The summed E-state index contributed by atoms with van der Waals surface area (Å²) in [6.07, 6.45) is 8.69. The lowest BCUT2D eigenvalue weighted by Crippen LogP contribution is -2.31. The van der Waals surface area contributed by atoms with Gasteiger partial charge in [0.15, 0.2) is 0 Å². The van der Waals surface area contributed by atoms with Gasteiger partial charge in [0, 0.05) is 29.9 Å². The van der Waals surface area contributed by atoms with E-state index >= 15 is 0 Å². The summed E-state index contributed by atoms with van der Waals surface area (Å²) in [7, 11) is 0. The predicted octanol–water partition coefficient (Wildman–Crippen LogP) is 2.85. The summed E-state index contributed by atoms with van der Waals surface area (Å²) in [6.45, 7) is 0.757. The smallest absolute Gasteiger partial charge is 0.137 e. The molecule has 0 amide bonds. The lowest BCUT2D eigenvalue weighted by molar-refractivity contribution is 0.453. The zero-order valence-corrected chi connectivity index (χ0v) is 10.5. The molecule has 3 N–H and O–H groups in total. The molecule has 1 aliphatic rings. The normalized spacial score (nSPS) is 18.1. The lowest BCUT2D eigenvalue weighted by Gasteiger charge is -2.27. The van der Waals surface area contributed by atoms with Crippen LogP contribution in [0, 0.1) is 0 Å². The Morgan fingerprint density at radius 1 is 1.17 bits per heavy atom. The van der Waals surface area contributed by atoms with Gasteiger partial charge in [-0.2, -0.15) is 0 Å². The highest BCUT2D eigenvalue weighted by atomic mass is 14.9. The summed E-state index contributed by atoms with van der Waals surface area (Å²) >= 11 is 0. The van der Waals surface area contributed by atoms with E-state index in [0.717, 1.165) is 17.9 Å². The minimum Gasteiger partial charge on any atom is -0.345 e. The summed E-state index contributed by atoms with van der Waals surface area (Å²) in [5.41, 5.74) is 8.76. The Kier molecular flexibility index (Phi) is 2.92. The predicted molar refractivity (Wildman–Crippen MR) is 73.2 cm³/mol. The average molecular weight is 241 g/mol. The first-order valence-electron chi connectivity index (χ1n) is 6.64. The van der Waals surface area contributed by atoms with E-state index in [-0.39, 0.29) is 5.41 Å². The van der Waals surface area contributed by atoms with Crippen molar-refractivity contribution >= 4 is 0 Å². The van der Waals surface area contributed by atoms with Crippen molar-refractivity contribution in [2.24, 2.45) is 5.73 Å². The molecule has 3 rings (SSSR count). The molecule has 1 saturated carbocycles. The van der Waals surface area contributed by atoms with Crippen molar-refractivity contribution in [3.63, 3.8) is 0 Å². The molecule has 3 heteroatoms. The Balaban J connectivity index is 1.91. The van der Waals surface area contributed by atoms with Crippen LogP contribution in [0.3, 0.4) is 0 Å². The molecule has 1 aromatic carbocycles. The van der Waals surface area contributed by atoms with Crippen LogP contribution < -0.4 is 5.73 Å². The molecule has 1 aliphatic carbocycles. The molecule has 2 aromatic rings. The van der Waals surface area contributed by atoms with E-state index in [1.54, 1.807) is 6.20 Å². The van der Waals surface area contributed by atoms with Crippen LogP contribution in [0.4, 0.5) is 0 Å². The molecule has 0 aliphatic heterocycles. The number of imidazole rings is 1. The first-order valence-corrected chi connectivity index (χ1v) is 6.64. The fraction of sp³-hybridized carbons (Fsp3) is 0.400. The van der Waals surface area contributed by atoms with Gasteiger partial charge in [0.25, 0.3) is 0 Å². The van der Waals surface area contributed by atoms with Crippen molar-refractivity contribution in [2.45, 2.75) is 31.1 Å². The molecule has 1 aromatic heterocycles. The van der Waals surface area contributed by atoms with Crippen LogP contribution in [0.5, 0.6) is 0 Å². The minimum absolute atomic E-state index is 0.224. The number of nitrogens with zero attached hydrogens (tertiary/aromatic N) is 1. The van der Waals surface area contributed by atoms with Gasteiger partial charge in [-0.25, -0.2) is 4.98 Å². The van der Waals surface area contributed by atoms with Gasteiger partial charge in [0.1, 0.15) is 5.82 Å². The molecular formula is C15H19N3. The second kappa shape index (κ2) is 4.58. The van der Waals surface area contributed by atoms with Gasteiger partial charge in [-0.1, -0.05) is 37.1 Å². The molecule has 3 nitrogen and oxygen atoms in total. The van der Waals surface area contributed by atoms with Crippen molar-refractivity contribution in [1.29, 1.82) is 0 Å². The van der Waals surface area contributed by atoms with Gasteiger partial charge in [-0.15, -0.1) is 0 Å².